The maximum atomic E-state index is 13.5. The zero-order chi connectivity index (χ0) is 22.8. The molecular formula is C27H36N4O2. The van der Waals surface area contributed by atoms with E-state index in [-0.39, 0.29) is 23.4 Å². The number of carbonyl (C=O) groups excluding carboxylic acids is 1. The van der Waals surface area contributed by atoms with Gasteiger partial charge in [-0.1, -0.05) is 49.6 Å². The Morgan fingerprint density at radius 1 is 1.03 bits per heavy atom. The van der Waals surface area contributed by atoms with Gasteiger partial charge in [0.1, 0.15) is 5.82 Å². The normalized spacial score (nSPS) is 23.2. The first-order valence-corrected chi connectivity index (χ1v) is 12.8. The van der Waals surface area contributed by atoms with Crippen molar-refractivity contribution in [2.45, 2.75) is 89.3 Å². The lowest BCUT2D eigenvalue weighted by Gasteiger charge is -2.38. The Morgan fingerprint density at radius 2 is 1.79 bits per heavy atom. The number of piperidine rings is 1. The van der Waals surface area contributed by atoms with E-state index < -0.39 is 0 Å². The summed E-state index contributed by atoms with van der Waals surface area (Å²) < 4.78 is 0. The third kappa shape index (κ3) is 4.63. The number of aromatic nitrogens is 2. The topological polar surface area (TPSA) is 69.3 Å². The number of fused-ring (bicyclic) bond motifs is 1. The molecule has 1 aliphatic carbocycles. The number of amides is 1. The van der Waals surface area contributed by atoms with Crippen molar-refractivity contribution in [2.75, 3.05) is 13.1 Å². The Labute approximate surface area is 196 Å². The molecule has 1 amide bonds. The summed E-state index contributed by atoms with van der Waals surface area (Å²) in [5.41, 5.74) is 2.80. The number of hydrogen-bond donors (Lipinski definition) is 1. The molecular weight excluding hydrogens is 412 g/mol. The van der Waals surface area contributed by atoms with Crippen LogP contribution in [-0.2, 0) is 17.8 Å². The van der Waals surface area contributed by atoms with Crippen molar-refractivity contribution in [3.05, 3.63) is 63.3 Å². The van der Waals surface area contributed by atoms with E-state index in [4.69, 9.17) is 4.98 Å². The molecule has 6 heteroatoms. The van der Waals surface area contributed by atoms with E-state index in [0.29, 0.717) is 11.9 Å². The minimum Gasteiger partial charge on any atom is -0.332 e. The van der Waals surface area contributed by atoms with Gasteiger partial charge in [-0.2, -0.15) is 0 Å². The SMILES string of the molecule is C[C@H](C(=O)N1CCCC[C@@H]1c1nc2c(c(=O)[nH]1)CCN(C1CCCCC1)C2)c1ccccc1. The van der Waals surface area contributed by atoms with E-state index in [1.165, 1.54) is 32.1 Å². The fraction of sp³-hybridized carbons (Fsp3) is 0.593. The first-order valence-electron chi connectivity index (χ1n) is 12.8. The molecule has 33 heavy (non-hydrogen) atoms. The van der Waals surface area contributed by atoms with Crippen molar-refractivity contribution >= 4 is 5.91 Å². The first kappa shape index (κ1) is 22.3. The number of likely N-dealkylation sites (tertiary alicyclic amines) is 1. The first-order chi connectivity index (χ1) is 16.1. The molecule has 0 spiro atoms. The lowest BCUT2D eigenvalue weighted by molar-refractivity contribution is -0.136. The second-order valence-corrected chi connectivity index (χ2v) is 10.1. The third-order valence-electron chi connectivity index (χ3n) is 7.98. The second-order valence-electron chi connectivity index (χ2n) is 10.1. The van der Waals surface area contributed by atoms with Gasteiger partial charge in [0.05, 0.1) is 17.7 Å². The molecule has 6 nitrogen and oxygen atoms in total. The van der Waals surface area contributed by atoms with Gasteiger partial charge in [0.15, 0.2) is 0 Å². The number of carbonyl (C=O) groups is 1. The summed E-state index contributed by atoms with van der Waals surface area (Å²) in [6.45, 7) is 4.41. The number of aromatic amines is 1. The number of benzene rings is 1. The molecule has 2 atom stereocenters. The molecule has 0 radical (unpaired) electrons. The summed E-state index contributed by atoms with van der Waals surface area (Å²) in [6, 6.07) is 10.4. The molecule has 2 aliphatic heterocycles. The molecule has 1 saturated carbocycles. The van der Waals surface area contributed by atoms with E-state index >= 15 is 0 Å². The summed E-state index contributed by atoms with van der Waals surface area (Å²) in [5, 5.41) is 0. The number of hydrogen-bond acceptors (Lipinski definition) is 4. The van der Waals surface area contributed by atoms with Gasteiger partial charge in [-0.15, -0.1) is 0 Å². The van der Waals surface area contributed by atoms with Crippen LogP contribution in [0.3, 0.4) is 0 Å². The molecule has 2 fully saturated rings. The molecule has 1 saturated heterocycles. The summed E-state index contributed by atoms with van der Waals surface area (Å²) in [7, 11) is 0. The smallest absolute Gasteiger partial charge is 0.254 e. The summed E-state index contributed by atoms with van der Waals surface area (Å²) in [6.07, 6.45) is 10.1. The Bertz CT molecular complexity index is 1030. The highest BCUT2D eigenvalue weighted by Crippen LogP contribution is 2.33. The van der Waals surface area contributed by atoms with Crippen LogP contribution in [0.2, 0.25) is 0 Å². The lowest BCUT2D eigenvalue weighted by Crippen LogP contribution is -2.44. The van der Waals surface area contributed by atoms with Crippen LogP contribution >= 0.6 is 0 Å². The van der Waals surface area contributed by atoms with Gasteiger partial charge in [0.2, 0.25) is 5.91 Å². The Morgan fingerprint density at radius 3 is 2.58 bits per heavy atom. The van der Waals surface area contributed by atoms with E-state index in [1.807, 2.05) is 42.2 Å². The van der Waals surface area contributed by atoms with E-state index in [1.54, 1.807) is 0 Å². The standard InChI is InChI=1S/C27H36N4O2/c1-19(20-10-4-2-5-11-20)27(33)31-16-9-8-14-24(31)25-28-23-18-30(21-12-6-3-7-13-21)17-15-22(23)26(32)29-25/h2,4-5,10-11,19,21,24H,3,6-9,12-18H2,1H3,(H,28,29,32)/t19-,24+/m0/s1. The molecule has 0 bridgehead atoms. The minimum absolute atomic E-state index is 0.00706. The van der Waals surface area contributed by atoms with Crippen molar-refractivity contribution in [2.24, 2.45) is 0 Å². The number of nitrogens with zero attached hydrogens (tertiary/aromatic N) is 3. The van der Waals surface area contributed by atoms with Crippen molar-refractivity contribution in [3.63, 3.8) is 0 Å². The van der Waals surface area contributed by atoms with Crippen molar-refractivity contribution in [3.8, 4) is 0 Å². The maximum absolute atomic E-state index is 13.5. The van der Waals surface area contributed by atoms with Crippen LogP contribution in [0, 0.1) is 0 Å². The van der Waals surface area contributed by atoms with E-state index in [2.05, 4.69) is 9.88 Å². The largest absolute Gasteiger partial charge is 0.332 e. The van der Waals surface area contributed by atoms with Gasteiger partial charge in [-0.3, -0.25) is 14.5 Å². The van der Waals surface area contributed by atoms with Crippen LogP contribution in [0.15, 0.2) is 35.1 Å². The molecule has 1 N–H and O–H groups in total. The summed E-state index contributed by atoms with van der Waals surface area (Å²) in [4.78, 5) is 39.1. The average Bonchev–Trinajstić information content (AvgIpc) is 2.88. The molecule has 3 aliphatic rings. The van der Waals surface area contributed by atoms with Crippen LogP contribution in [0.4, 0.5) is 0 Å². The Hall–Kier alpha value is -2.47. The quantitative estimate of drug-likeness (QED) is 0.756. The number of nitrogens with one attached hydrogen (secondary N) is 1. The van der Waals surface area contributed by atoms with E-state index in [0.717, 1.165) is 62.1 Å². The molecule has 2 aromatic rings. The van der Waals surface area contributed by atoms with Gasteiger partial charge in [0.25, 0.3) is 5.56 Å². The lowest BCUT2D eigenvalue weighted by atomic mass is 9.92. The molecule has 5 rings (SSSR count). The summed E-state index contributed by atoms with van der Waals surface area (Å²) >= 11 is 0. The predicted molar refractivity (Wildman–Crippen MR) is 129 cm³/mol. The van der Waals surface area contributed by atoms with Crippen LogP contribution in [0.5, 0.6) is 0 Å². The molecule has 0 unspecified atom stereocenters. The number of rotatable bonds is 4. The molecule has 176 valence electrons. The van der Waals surface area contributed by atoms with Crippen LogP contribution in [0.25, 0.3) is 0 Å². The molecule has 1 aromatic carbocycles. The maximum Gasteiger partial charge on any atom is 0.254 e. The van der Waals surface area contributed by atoms with Crippen molar-refractivity contribution in [1.82, 2.24) is 19.8 Å². The summed E-state index contributed by atoms with van der Waals surface area (Å²) in [5.74, 6) is 0.589. The third-order valence-corrected chi connectivity index (χ3v) is 7.98. The highest BCUT2D eigenvalue weighted by molar-refractivity contribution is 5.83. The Balaban J connectivity index is 1.40. The fourth-order valence-corrected chi connectivity index (χ4v) is 6.01. The van der Waals surface area contributed by atoms with Gasteiger partial charge >= 0.3 is 0 Å². The number of H-pyrrole nitrogens is 1. The van der Waals surface area contributed by atoms with Crippen molar-refractivity contribution in [1.29, 1.82) is 0 Å². The van der Waals surface area contributed by atoms with Gasteiger partial charge in [0, 0.05) is 31.2 Å². The van der Waals surface area contributed by atoms with Crippen molar-refractivity contribution < 1.29 is 4.79 Å². The molecule has 1 aromatic heterocycles. The van der Waals surface area contributed by atoms with Gasteiger partial charge in [-0.25, -0.2) is 4.98 Å². The highest BCUT2D eigenvalue weighted by Gasteiger charge is 2.34. The zero-order valence-corrected chi connectivity index (χ0v) is 19.8. The van der Waals surface area contributed by atoms with Gasteiger partial charge < -0.3 is 9.88 Å². The van der Waals surface area contributed by atoms with E-state index in [9.17, 15) is 9.59 Å². The van der Waals surface area contributed by atoms with Crippen LogP contribution < -0.4 is 5.56 Å². The van der Waals surface area contributed by atoms with Gasteiger partial charge in [-0.05, 0) is 51.0 Å². The minimum atomic E-state index is -0.210. The fourth-order valence-electron chi connectivity index (χ4n) is 6.01. The van der Waals surface area contributed by atoms with Crippen LogP contribution in [0.1, 0.15) is 92.9 Å². The predicted octanol–water partition coefficient (Wildman–Crippen LogP) is 4.32. The molecule has 3 heterocycles. The Kier molecular flexibility index (Phi) is 6.63. The van der Waals surface area contributed by atoms with Crippen LogP contribution in [-0.4, -0.2) is 44.8 Å². The zero-order valence-electron chi connectivity index (χ0n) is 19.8. The monoisotopic (exact) mass is 448 g/mol. The highest BCUT2D eigenvalue weighted by atomic mass is 16.2. The average molecular weight is 449 g/mol. The second kappa shape index (κ2) is 9.80.